The Morgan fingerprint density at radius 2 is 2.18 bits per heavy atom. The molecule has 2 aromatic rings. The van der Waals surface area contributed by atoms with Crippen LogP contribution in [0.5, 0.6) is 0 Å². The van der Waals surface area contributed by atoms with Crippen LogP contribution < -0.4 is 0 Å². The van der Waals surface area contributed by atoms with Gasteiger partial charge in [0.2, 0.25) is 0 Å². The molecule has 0 fully saturated rings. The van der Waals surface area contributed by atoms with Gasteiger partial charge in [0.15, 0.2) is 5.69 Å². The predicted octanol–water partition coefficient (Wildman–Crippen LogP) is 1.31. The lowest BCUT2D eigenvalue weighted by molar-refractivity contribution is -0.0761. The van der Waals surface area contributed by atoms with Crippen LogP contribution in [0.3, 0.4) is 0 Å². The number of carbonyl (C=O) groups is 1. The second kappa shape index (κ2) is 5.49. The molecule has 1 amide bonds. The Balaban J connectivity index is 2.19. The second-order valence-corrected chi connectivity index (χ2v) is 5.43. The van der Waals surface area contributed by atoms with Gasteiger partial charge in [0.1, 0.15) is 5.82 Å². The molecule has 0 saturated carbocycles. The topological polar surface area (TPSA) is 73.1 Å². The molecule has 0 unspecified atom stereocenters. The fraction of sp³-hybridized carbons (Fsp3) is 0.467. The third-order valence-electron chi connectivity index (χ3n) is 3.99. The van der Waals surface area contributed by atoms with Gasteiger partial charge in [-0.3, -0.25) is 14.3 Å². The van der Waals surface area contributed by atoms with Crippen molar-refractivity contribution < 1.29 is 9.63 Å². The number of amides is 1. The molecule has 0 aromatic carbocycles. The molecule has 0 spiro atoms. The fourth-order valence-corrected chi connectivity index (χ4v) is 2.84. The predicted molar refractivity (Wildman–Crippen MR) is 80.1 cm³/mol. The van der Waals surface area contributed by atoms with E-state index in [1.165, 1.54) is 12.2 Å². The maximum atomic E-state index is 12.4. The third kappa shape index (κ3) is 2.27. The van der Waals surface area contributed by atoms with Crippen molar-refractivity contribution in [1.29, 1.82) is 0 Å². The summed E-state index contributed by atoms with van der Waals surface area (Å²) in [5, 5.41) is 5.61. The van der Waals surface area contributed by atoms with Crippen LogP contribution in [0.2, 0.25) is 0 Å². The van der Waals surface area contributed by atoms with E-state index in [0.717, 1.165) is 47.6 Å². The molecule has 0 radical (unpaired) electrons. The Bertz CT molecular complexity index is 738. The van der Waals surface area contributed by atoms with Crippen molar-refractivity contribution in [2.75, 3.05) is 14.2 Å². The van der Waals surface area contributed by atoms with Crippen LogP contribution >= 0.6 is 0 Å². The summed E-state index contributed by atoms with van der Waals surface area (Å²) in [5.41, 5.74) is 4.27. The van der Waals surface area contributed by atoms with Crippen LogP contribution in [-0.2, 0) is 24.7 Å². The van der Waals surface area contributed by atoms with Gasteiger partial charge in [0.05, 0.1) is 18.5 Å². The molecule has 116 valence electrons. The number of aryl methyl sites for hydroxylation is 3. The molecule has 0 bridgehead atoms. The molecular formula is C15H19N5O2. The summed E-state index contributed by atoms with van der Waals surface area (Å²) in [6, 6.07) is 0. The van der Waals surface area contributed by atoms with Gasteiger partial charge in [0, 0.05) is 25.9 Å². The van der Waals surface area contributed by atoms with Gasteiger partial charge < -0.3 is 0 Å². The van der Waals surface area contributed by atoms with Crippen LogP contribution in [0.4, 0.5) is 0 Å². The van der Waals surface area contributed by atoms with Crippen LogP contribution in [-0.4, -0.2) is 44.9 Å². The first kappa shape index (κ1) is 14.6. The standard InChI is InChI=1S/C15H19N5O2/c1-9-16-8-10-6-5-7-11-13(15(21)20(3)22-4)18-19(2)14(11)12(10)17-9/h8H,5-7H2,1-4H3. The number of rotatable bonds is 2. The van der Waals surface area contributed by atoms with E-state index in [4.69, 9.17) is 4.84 Å². The number of fused-ring (bicyclic) bond motifs is 3. The van der Waals surface area contributed by atoms with E-state index in [-0.39, 0.29) is 5.91 Å². The van der Waals surface area contributed by atoms with Crippen LogP contribution in [0.25, 0.3) is 11.4 Å². The van der Waals surface area contributed by atoms with E-state index < -0.39 is 0 Å². The number of carbonyl (C=O) groups excluding carboxylic acids is 1. The van der Waals surface area contributed by atoms with Gasteiger partial charge in [-0.1, -0.05) is 0 Å². The molecule has 22 heavy (non-hydrogen) atoms. The number of hydrogen-bond donors (Lipinski definition) is 0. The summed E-state index contributed by atoms with van der Waals surface area (Å²) in [6.07, 6.45) is 4.51. The molecule has 7 heteroatoms. The number of nitrogens with zero attached hydrogens (tertiary/aromatic N) is 5. The highest BCUT2D eigenvalue weighted by atomic mass is 16.7. The summed E-state index contributed by atoms with van der Waals surface area (Å²) >= 11 is 0. The third-order valence-corrected chi connectivity index (χ3v) is 3.99. The lowest BCUT2D eigenvalue weighted by Crippen LogP contribution is -2.26. The van der Waals surface area contributed by atoms with Crippen molar-refractivity contribution >= 4 is 5.91 Å². The molecule has 2 aromatic heterocycles. The van der Waals surface area contributed by atoms with Gasteiger partial charge in [-0.2, -0.15) is 5.10 Å². The minimum Gasteiger partial charge on any atom is -0.274 e. The molecule has 0 aliphatic heterocycles. The lowest BCUT2D eigenvalue weighted by Gasteiger charge is -2.12. The molecule has 0 N–H and O–H groups in total. The van der Waals surface area contributed by atoms with E-state index in [1.54, 1.807) is 11.7 Å². The van der Waals surface area contributed by atoms with Crippen LogP contribution in [0.15, 0.2) is 6.20 Å². The van der Waals surface area contributed by atoms with E-state index >= 15 is 0 Å². The Kier molecular flexibility index (Phi) is 3.66. The van der Waals surface area contributed by atoms with E-state index in [9.17, 15) is 4.79 Å². The molecule has 2 heterocycles. The van der Waals surface area contributed by atoms with E-state index in [2.05, 4.69) is 15.1 Å². The zero-order valence-corrected chi connectivity index (χ0v) is 13.3. The Hall–Kier alpha value is -2.28. The monoisotopic (exact) mass is 301 g/mol. The van der Waals surface area contributed by atoms with Crippen molar-refractivity contribution in [3.05, 3.63) is 28.8 Å². The van der Waals surface area contributed by atoms with Gasteiger partial charge in [0.25, 0.3) is 5.91 Å². The molecule has 0 saturated heterocycles. The summed E-state index contributed by atoms with van der Waals surface area (Å²) in [5.74, 6) is 0.475. The first-order chi connectivity index (χ1) is 10.5. The first-order valence-corrected chi connectivity index (χ1v) is 7.23. The summed E-state index contributed by atoms with van der Waals surface area (Å²) in [4.78, 5) is 26.3. The number of aromatic nitrogens is 4. The highest BCUT2D eigenvalue weighted by molar-refractivity contribution is 5.94. The quantitative estimate of drug-likeness (QED) is 0.782. The van der Waals surface area contributed by atoms with Crippen LogP contribution in [0, 0.1) is 6.92 Å². The van der Waals surface area contributed by atoms with Crippen LogP contribution in [0.1, 0.15) is 33.9 Å². The maximum absolute atomic E-state index is 12.4. The smallest absolute Gasteiger partial charge is 0.274 e. The van der Waals surface area contributed by atoms with Gasteiger partial charge in [-0.15, -0.1) is 0 Å². The number of hydroxylamine groups is 2. The van der Waals surface area contributed by atoms with E-state index in [1.807, 2.05) is 20.2 Å². The zero-order valence-electron chi connectivity index (χ0n) is 13.3. The van der Waals surface area contributed by atoms with E-state index in [0.29, 0.717) is 5.69 Å². The van der Waals surface area contributed by atoms with Crippen molar-refractivity contribution in [2.45, 2.75) is 26.2 Å². The minimum atomic E-state index is -0.242. The van der Waals surface area contributed by atoms with Crippen molar-refractivity contribution in [3.63, 3.8) is 0 Å². The Labute approximate surface area is 128 Å². The minimum absolute atomic E-state index is 0.242. The summed E-state index contributed by atoms with van der Waals surface area (Å²) in [7, 11) is 4.89. The Morgan fingerprint density at radius 3 is 2.91 bits per heavy atom. The summed E-state index contributed by atoms with van der Waals surface area (Å²) < 4.78 is 1.74. The molecule has 1 aliphatic rings. The first-order valence-electron chi connectivity index (χ1n) is 7.23. The van der Waals surface area contributed by atoms with Gasteiger partial charge in [-0.05, 0) is 31.7 Å². The fourth-order valence-electron chi connectivity index (χ4n) is 2.84. The van der Waals surface area contributed by atoms with Crippen molar-refractivity contribution in [3.8, 4) is 11.4 Å². The molecule has 0 atom stereocenters. The molecular weight excluding hydrogens is 282 g/mol. The largest absolute Gasteiger partial charge is 0.297 e. The Morgan fingerprint density at radius 1 is 1.41 bits per heavy atom. The van der Waals surface area contributed by atoms with Crippen molar-refractivity contribution in [2.24, 2.45) is 7.05 Å². The average molecular weight is 301 g/mol. The zero-order chi connectivity index (χ0) is 15.9. The van der Waals surface area contributed by atoms with Crippen molar-refractivity contribution in [1.82, 2.24) is 24.8 Å². The molecule has 3 rings (SSSR count). The molecule has 7 nitrogen and oxygen atoms in total. The number of hydrogen-bond acceptors (Lipinski definition) is 5. The molecule has 1 aliphatic carbocycles. The second-order valence-electron chi connectivity index (χ2n) is 5.43. The SMILES string of the molecule is CON(C)C(=O)c1nn(C)c2c1CCCc1cnc(C)nc1-2. The highest BCUT2D eigenvalue weighted by Crippen LogP contribution is 2.32. The normalized spacial score (nSPS) is 13.3. The highest BCUT2D eigenvalue weighted by Gasteiger charge is 2.28. The van der Waals surface area contributed by atoms with Gasteiger partial charge >= 0.3 is 0 Å². The lowest BCUT2D eigenvalue weighted by atomic mass is 10.1. The average Bonchev–Trinajstić information content (AvgIpc) is 2.71. The maximum Gasteiger partial charge on any atom is 0.297 e. The summed E-state index contributed by atoms with van der Waals surface area (Å²) in [6.45, 7) is 1.87. The van der Waals surface area contributed by atoms with Gasteiger partial charge in [-0.25, -0.2) is 15.0 Å².